The number of hydrogen-bond acceptors (Lipinski definition) is 5. The lowest BCUT2D eigenvalue weighted by atomic mass is 10.2. The van der Waals surface area contributed by atoms with E-state index in [0.29, 0.717) is 11.1 Å². The van der Waals surface area contributed by atoms with E-state index in [-0.39, 0.29) is 18.6 Å². The minimum absolute atomic E-state index is 0.0767. The molecule has 0 fully saturated rings. The maximum absolute atomic E-state index is 11.9. The van der Waals surface area contributed by atoms with Crippen LogP contribution in [-0.4, -0.2) is 37.4 Å². The number of aromatic amines is 1. The van der Waals surface area contributed by atoms with Gasteiger partial charge < -0.3 is 4.74 Å². The molecule has 20 heavy (non-hydrogen) atoms. The van der Waals surface area contributed by atoms with Gasteiger partial charge in [-0.1, -0.05) is 6.07 Å². The van der Waals surface area contributed by atoms with Crippen molar-refractivity contribution in [3.63, 3.8) is 0 Å². The van der Waals surface area contributed by atoms with Crippen molar-refractivity contribution in [2.75, 3.05) is 17.6 Å². The van der Waals surface area contributed by atoms with E-state index in [1.165, 1.54) is 7.11 Å². The van der Waals surface area contributed by atoms with Gasteiger partial charge in [0.1, 0.15) is 0 Å². The van der Waals surface area contributed by atoms with Crippen molar-refractivity contribution < 1.29 is 17.9 Å². The van der Waals surface area contributed by atoms with E-state index in [1.807, 2.05) is 0 Å². The topological polar surface area (TPSA) is 101 Å². The summed E-state index contributed by atoms with van der Waals surface area (Å²) in [5, 5.41) is 7.33. The highest BCUT2D eigenvalue weighted by atomic mass is 32.2. The van der Waals surface area contributed by atoms with Crippen molar-refractivity contribution in [1.82, 2.24) is 10.2 Å². The molecule has 1 aromatic heterocycles. The average molecular weight is 297 g/mol. The number of anilines is 1. The van der Waals surface area contributed by atoms with Crippen molar-refractivity contribution in [2.45, 2.75) is 12.8 Å². The van der Waals surface area contributed by atoms with E-state index in [4.69, 9.17) is 0 Å². The van der Waals surface area contributed by atoms with E-state index in [1.54, 1.807) is 24.4 Å². The number of hydrogen-bond donors (Lipinski definition) is 2. The van der Waals surface area contributed by atoms with Gasteiger partial charge in [-0.05, 0) is 18.6 Å². The van der Waals surface area contributed by atoms with Crippen molar-refractivity contribution in [1.29, 1.82) is 0 Å². The number of fused-ring (bicyclic) bond motifs is 1. The lowest BCUT2D eigenvalue weighted by molar-refractivity contribution is -0.140. The molecule has 0 amide bonds. The molecule has 7 nitrogen and oxygen atoms in total. The fourth-order valence-corrected chi connectivity index (χ4v) is 2.92. The third-order valence-electron chi connectivity index (χ3n) is 2.77. The molecule has 0 spiro atoms. The Morgan fingerprint density at radius 3 is 3.00 bits per heavy atom. The highest BCUT2D eigenvalue weighted by molar-refractivity contribution is 7.92. The molecule has 2 aromatic rings. The Balaban J connectivity index is 2.04. The van der Waals surface area contributed by atoms with Gasteiger partial charge in [0, 0.05) is 11.8 Å². The normalized spacial score (nSPS) is 11.4. The summed E-state index contributed by atoms with van der Waals surface area (Å²) in [6.45, 7) is 0. The number of nitrogens with zero attached hydrogens (tertiary/aromatic N) is 1. The molecule has 0 aliphatic rings. The smallest absolute Gasteiger partial charge is 0.305 e. The third kappa shape index (κ3) is 3.47. The molecule has 1 aromatic carbocycles. The number of methoxy groups -OCH3 is 1. The average Bonchev–Trinajstić information content (AvgIpc) is 2.87. The van der Waals surface area contributed by atoms with Crippen molar-refractivity contribution in [3.8, 4) is 0 Å². The largest absolute Gasteiger partial charge is 0.469 e. The van der Waals surface area contributed by atoms with Gasteiger partial charge in [0.2, 0.25) is 10.0 Å². The number of carbonyl (C=O) groups excluding carboxylic acids is 1. The Labute approximate surface area is 116 Å². The number of sulfonamides is 1. The number of ether oxygens (including phenoxy) is 1. The number of H-pyrrole nitrogens is 1. The lowest BCUT2D eigenvalue weighted by Crippen LogP contribution is -2.17. The zero-order valence-electron chi connectivity index (χ0n) is 10.9. The standard InChI is InChI=1S/C12H15N3O4S/c1-19-12(16)6-3-7-20(17,18)15-11-5-2-4-10-9(11)8-13-14-10/h2,4-5,8,15H,3,6-7H2,1H3,(H,13,14). The maximum atomic E-state index is 11.9. The fraction of sp³-hybridized carbons (Fsp3) is 0.333. The number of nitrogens with one attached hydrogen (secondary N) is 2. The third-order valence-corrected chi connectivity index (χ3v) is 4.13. The first-order chi connectivity index (χ1) is 9.52. The molecule has 0 unspecified atom stereocenters. The molecular formula is C12H15N3O4S. The van der Waals surface area contributed by atoms with E-state index in [0.717, 1.165) is 5.52 Å². The van der Waals surface area contributed by atoms with Crippen LogP contribution in [0.25, 0.3) is 10.9 Å². The Hall–Kier alpha value is -2.09. The fourth-order valence-electron chi connectivity index (χ4n) is 1.78. The highest BCUT2D eigenvalue weighted by Gasteiger charge is 2.13. The van der Waals surface area contributed by atoms with Crippen molar-refractivity contribution in [3.05, 3.63) is 24.4 Å². The van der Waals surface area contributed by atoms with Gasteiger partial charge in [0.25, 0.3) is 0 Å². The number of benzene rings is 1. The second kappa shape index (κ2) is 5.91. The molecule has 1 heterocycles. The Morgan fingerprint density at radius 2 is 2.25 bits per heavy atom. The van der Waals surface area contributed by atoms with Crippen LogP contribution in [0.4, 0.5) is 5.69 Å². The molecule has 108 valence electrons. The monoisotopic (exact) mass is 297 g/mol. The summed E-state index contributed by atoms with van der Waals surface area (Å²) < 4.78 is 30.8. The summed E-state index contributed by atoms with van der Waals surface area (Å²) in [6.07, 6.45) is 1.85. The van der Waals surface area contributed by atoms with Gasteiger partial charge in [-0.3, -0.25) is 14.6 Å². The molecule has 0 saturated carbocycles. The summed E-state index contributed by atoms with van der Waals surface area (Å²) in [4.78, 5) is 10.9. The zero-order chi connectivity index (χ0) is 14.6. The predicted octanol–water partition coefficient (Wildman–Crippen LogP) is 1.26. The Morgan fingerprint density at radius 1 is 1.45 bits per heavy atom. The van der Waals surface area contributed by atoms with Gasteiger partial charge in [-0.25, -0.2) is 8.42 Å². The number of carbonyl (C=O) groups is 1. The van der Waals surface area contributed by atoms with Gasteiger partial charge in [-0.15, -0.1) is 0 Å². The first kappa shape index (κ1) is 14.3. The van der Waals surface area contributed by atoms with Gasteiger partial charge in [0.05, 0.1) is 30.3 Å². The molecule has 2 rings (SSSR count). The number of esters is 1. The van der Waals surface area contributed by atoms with E-state index >= 15 is 0 Å². The molecule has 0 aliphatic carbocycles. The van der Waals surface area contributed by atoms with Crippen LogP contribution in [0, 0.1) is 0 Å². The van der Waals surface area contributed by atoms with Crippen LogP contribution in [0.1, 0.15) is 12.8 Å². The van der Waals surface area contributed by atoms with E-state index < -0.39 is 16.0 Å². The van der Waals surface area contributed by atoms with Gasteiger partial charge >= 0.3 is 5.97 Å². The lowest BCUT2D eigenvalue weighted by Gasteiger charge is -2.08. The van der Waals surface area contributed by atoms with Gasteiger partial charge in [0.15, 0.2) is 0 Å². The minimum Gasteiger partial charge on any atom is -0.469 e. The minimum atomic E-state index is -3.51. The molecule has 0 radical (unpaired) electrons. The summed E-state index contributed by atoms with van der Waals surface area (Å²) in [7, 11) is -2.23. The van der Waals surface area contributed by atoms with E-state index in [9.17, 15) is 13.2 Å². The van der Waals surface area contributed by atoms with Crippen LogP contribution in [0.15, 0.2) is 24.4 Å². The molecule has 0 saturated heterocycles. The number of aromatic nitrogens is 2. The van der Waals surface area contributed by atoms with Crippen molar-refractivity contribution >= 4 is 32.6 Å². The SMILES string of the molecule is COC(=O)CCCS(=O)(=O)Nc1cccc2[nH]ncc12. The predicted molar refractivity (Wildman–Crippen MR) is 74.8 cm³/mol. The quantitative estimate of drug-likeness (QED) is 0.782. The Bertz CT molecular complexity index is 708. The maximum Gasteiger partial charge on any atom is 0.305 e. The summed E-state index contributed by atoms with van der Waals surface area (Å²) in [6, 6.07) is 5.19. The van der Waals surface area contributed by atoms with Crippen LogP contribution in [0.2, 0.25) is 0 Å². The van der Waals surface area contributed by atoms with Crippen molar-refractivity contribution in [2.24, 2.45) is 0 Å². The van der Waals surface area contributed by atoms with E-state index in [2.05, 4.69) is 19.7 Å². The summed E-state index contributed by atoms with van der Waals surface area (Å²) >= 11 is 0. The molecule has 2 N–H and O–H groups in total. The summed E-state index contributed by atoms with van der Waals surface area (Å²) in [5.74, 6) is -0.562. The van der Waals surface area contributed by atoms with Gasteiger partial charge in [-0.2, -0.15) is 5.10 Å². The zero-order valence-corrected chi connectivity index (χ0v) is 11.7. The summed E-state index contributed by atoms with van der Waals surface area (Å²) in [5.41, 5.74) is 1.22. The van der Waals surface area contributed by atoms with Crippen LogP contribution in [-0.2, 0) is 19.6 Å². The second-order valence-electron chi connectivity index (χ2n) is 4.24. The van der Waals surface area contributed by atoms with Crippen LogP contribution < -0.4 is 4.72 Å². The number of rotatable bonds is 6. The molecule has 0 atom stereocenters. The highest BCUT2D eigenvalue weighted by Crippen LogP contribution is 2.22. The first-order valence-electron chi connectivity index (χ1n) is 6.01. The Kier molecular flexibility index (Phi) is 4.23. The van der Waals surface area contributed by atoms with Crippen LogP contribution in [0.5, 0.6) is 0 Å². The second-order valence-corrected chi connectivity index (χ2v) is 6.08. The molecule has 0 bridgehead atoms. The van der Waals surface area contributed by atoms with Crippen LogP contribution in [0.3, 0.4) is 0 Å². The molecule has 0 aliphatic heterocycles. The van der Waals surface area contributed by atoms with Crippen LogP contribution >= 0.6 is 0 Å². The molecular weight excluding hydrogens is 282 g/mol. The first-order valence-corrected chi connectivity index (χ1v) is 7.66. The molecule has 8 heteroatoms.